The van der Waals surface area contributed by atoms with Gasteiger partial charge in [0.1, 0.15) is 0 Å². The molecule has 12 heteroatoms. The fourth-order valence-electron chi connectivity index (χ4n) is 6.86. The Kier molecular flexibility index (Phi) is 17.0. The first kappa shape index (κ1) is 41.1. The summed E-state index contributed by atoms with van der Waals surface area (Å²) in [5.41, 5.74) is 0.711. The van der Waals surface area contributed by atoms with E-state index in [0.29, 0.717) is 18.5 Å². The molecule has 1 fully saturated rings. The zero-order valence-corrected chi connectivity index (χ0v) is 30.7. The summed E-state index contributed by atoms with van der Waals surface area (Å²) < 4.78 is 11.8. The number of nitrogens with one attached hydrogen (secondary N) is 3. The number of carbonyl (C=O) groups excluding carboxylic acids is 4. The molecule has 0 aliphatic carbocycles. The molecule has 12 nitrogen and oxygen atoms in total. The summed E-state index contributed by atoms with van der Waals surface area (Å²) in [7, 11) is 6.50. The monoisotopic (exact) mass is 675 g/mol. The maximum atomic E-state index is 13.9. The second kappa shape index (κ2) is 19.8. The number of hydrogen-bond donors (Lipinski definition) is 4. The van der Waals surface area contributed by atoms with E-state index >= 15 is 0 Å². The van der Waals surface area contributed by atoms with Crippen LogP contribution in [-0.4, -0.2) is 116 Å². The SMILES string of the molecule is CC[C@H](C)[C@@H]([C@@H](CC(=O)N1CCC[C@H]1[C@H](OC)[C@@H](C)C(=O)N[C@H](C)[C@@H](O)c1ccccc1)OC)N(C)C(=O)CNC(=O)[C@@H](NC)C(C)C. The Balaban J connectivity index is 2.14. The molecule has 2 rings (SSSR count). The number of methoxy groups -OCH3 is 2. The summed E-state index contributed by atoms with van der Waals surface area (Å²) in [6, 6.07) is 7.48. The van der Waals surface area contributed by atoms with Crippen molar-refractivity contribution in [3.05, 3.63) is 35.9 Å². The van der Waals surface area contributed by atoms with Gasteiger partial charge in [0.2, 0.25) is 23.6 Å². The zero-order valence-electron chi connectivity index (χ0n) is 30.7. The topological polar surface area (TPSA) is 150 Å². The molecule has 0 radical (unpaired) electrons. The van der Waals surface area contributed by atoms with Gasteiger partial charge in [0.05, 0.1) is 61.4 Å². The van der Waals surface area contributed by atoms with Crippen molar-refractivity contribution in [3.63, 3.8) is 0 Å². The molecular weight excluding hydrogens is 614 g/mol. The minimum Gasteiger partial charge on any atom is -0.386 e. The van der Waals surface area contributed by atoms with Crippen LogP contribution < -0.4 is 16.0 Å². The van der Waals surface area contributed by atoms with E-state index in [1.54, 1.807) is 52.0 Å². The number of aliphatic hydroxyl groups is 1. The molecule has 1 aliphatic heterocycles. The number of nitrogens with zero attached hydrogens (tertiary/aromatic N) is 2. The molecule has 4 amide bonds. The average molecular weight is 676 g/mol. The molecule has 1 heterocycles. The number of benzene rings is 1. The van der Waals surface area contributed by atoms with Crippen molar-refractivity contribution in [2.75, 3.05) is 41.4 Å². The first-order valence-corrected chi connectivity index (χ1v) is 17.3. The van der Waals surface area contributed by atoms with E-state index in [9.17, 15) is 24.3 Å². The van der Waals surface area contributed by atoms with E-state index in [1.165, 1.54) is 0 Å². The smallest absolute Gasteiger partial charge is 0.242 e. The van der Waals surface area contributed by atoms with E-state index < -0.39 is 42.4 Å². The largest absolute Gasteiger partial charge is 0.386 e. The third-order valence-electron chi connectivity index (χ3n) is 9.96. The number of rotatable bonds is 19. The van der Waals surface area contributed by atoms with Gasteiger partial charge in [0, 0.05) is 27.8 Å². The summed E-state index contributed by atoms with van der Waals surface area (Å²) in [6.45, 7) is 11.8. The third-order valence-corrected chi connectivity index (χ3v) is 9.96. The van der Waals surface area contributed by atoms with E-state index in [2.05, 4.69) is 16.0 Å². The van der Waals surface area contributed by atoms with Crippen molar-refractivity contribution < 1.29 is 33.8 Å². The maximum Gasteiger partial charge on any atom is 0.242 e. The van der Waals surface area contributed by atoms with E-state index in [4.69, 9.17) is 9.47 Å². The zero-order chi connectivity index (χ0) is 36.1. The fraction of sp³-hybridized carbons (Fsp3) is 0.722. The molecule has 1 aliphatic rings. The van der Waals surface area contributed by atoms with Crippen molar-refractivity contribution in [2.45, 2.75) is 110 Å². The standard InChI is InChI=1S/C36H61N5O7/c1-11-23(4)32(40(8)30(43)21-38-36(46)31(37-7)22(2)3)28(47-9)20-29(42)41-19-15-18-27(41)34(48-10)24(5)35(45)39-25(6)33(44)26-16-13-12-14-17-26/h12-14,16-17,22-25,27-28,31-34,37,44H,11,15,18-21H2,1-10H3,(H,38,46)(H,39,45)/t23-,24+,25+,27-,28+,31-,32-,33+,34+/m0/s1. The molecule has 0 spiro atoms. The van der Waals surface area contributed by atoms with Crippen LogP contribution in [0.15, 0.2) is 30.3 Å². The van der Waals surface area contributed by atoms with Gasteiger partial charge in [-0.15, -0.1) is 0 Å². The van der Waals surface area contributed by atoms with Crippen LogP contribution in [0.25, 0.3) is 0 Å². The molecule has 4 N–H and O–H groups in total. The van der Waals surface area contributed by atoms with Gasteiger partial charge in [0.15, 0.2) is 0 Å². The first-order valence-electron chi connectivity index (χ1n) is 17.3. The minimum atomic E-state index is -0.871. The Labute approximate surface area is 287 Å². The summed E-state index contributed by atoms with van der Waals surface area (Å²) in [5, 5.41) is 19.4. The Morgan fingerprint density at radius 1 is 1.02 bits per heavy atom. The average Bonchev–Trinajstić information content (AvgIpc) is 3.56. The van der Waals surface area contributed by atoms with Crippen molar-refractivity contribution in [2.24, 2.45) is 17.8 Å². The van der Waals surface area contributed by atoms with Gasteiger partial charge in [-0.2, -0.15) is 0 Å². The van der Waals surface area contributed by atoms with Crippen molar-refractivity contribution in [3.8, 4) is 0 Å². The molecule has 1 aromatic rings. The van der Waals surface area contributed by atoms with Crippen LogP contribution in [0.3, 0.4) is 0 Å². The van der Waals surface area contributed by atoms with Crippen molar-refractivity contribution in [1.29, 1.82) is 0 Å². The highest BCUT2D eigenvalue weighted by atomic mass is 16.5. The van der Waals surface area contributed by atoms with Gasteiger partial charge in [0.25, 0.3) is 0 Å². The lowest BCUT2D eigenvalue weighted by Gasteiger charge is -2.39. The maximum absolute atomic E-state index is 13.9. The van der Waals surface area contributed by atoms with E-state index in [-0.39, 0.29) is 54.5 Å². The van der Waals surface area contributed by atoms with Gasteiger partial charge in [-0.1, -0.05) is 71.4 Å². The summed E-state index contributed by atoms with van der Waals surface area (Å²) in [5.74, 6) is -1.45. The second-order valence-corrected chi connectivity index (χ2v) is 13.5. The van der Waals surface area contributed by atoms with Crippen LogP contribution in [0, 0.1) is 17.8 Å². The fourth-order valence-corrected chi connectivity index (χ4v) is 6.86. The minimum absolute atomic E-state index is 0.00571. The molecule has 0 aromatic heterocycles. The summed E-state index contributed by atoms with van der Waals surface area (Å²) >= 11 is 0. The molecular formula is C36H61N5O7. The predicted molar refractivity (Wildman–Crippen MR) is 186 cm³/mol. The van der Waals surface area contributed by atoms with Crippen LogP contribution in [-0.2, 0) is 28.7 Å². The normalized spacial score (nSPS) is 19.8. The molecule has 0 unspecified atom stereocenters. The number of carbonyl (C=O) groups is 4. The molecule has 1 aromatic carbocycles. The lowest BCUT2D eigenvalue weighted by molar-refractivity contribution is -0.146. The van der Waals surface area contributed by atoms with E-state index in [1.807, 2.05) is 58.0 Å². The number of ether oxygens (including phenoxy) is 2. The number of hydrogen-bond acceptors (Lipinski definition) is 8. The molecule has 9 atom stereocenters. The molecule has 0 bridgehead atoms. The number of likely N-dealkylation sites (tertiary alicyclic amines) is 1. The number of amides is 4. The summed E-state index contributed by atoms with van der Waals surface area (Å²) in [6.07, 6.45) is 0.202. The Bertz CT molecular complexity index is 1170. The van der Waals surface area contributed by atoms with Gasteiger partial charge in [-0.3, -0.25) is 19.2 Å². The van der Waals surface area contributed by atoms with Gasteiger partial charge < -0.3 is 40.3 Å². The Hall–Kier alpha value is -3.06. The molecule has 48 heavy (non-hydrogen) atoms. The highest BCUT2D eigenvalue weighted by Gasteiger charge is 2.42. The quantitative estimate of drug-likeness (QED) is 0.175. The molecule has 0 saturated carbocycles. The third kappa shape index (κ3) is 10.7. The molecule has 272 valence electrons. The van der Waals surface area contributed by atoms with Gasteiger partial charge in [-0.25, -0.2) is 0 Å². The second-order valence-electron chi connectivity index (χ2n) is 13.5. The van der Waals surface area contributed by atoms with Crippen LogP contribution in [0.5, 0.6) is 0 Å². The van der Waals surface area contributed by atoms with Crippen LogP contribution >= 0.6 is 0 Å². The first-order chi connectivity index (χ1) is 22.7. The highest BCUT2D eigenvalue weighted by molar-refractivity contribution is 5.87. The van der Waals surface area contributed by atoms with E-state index in [0.717, 1.165) is 12.8 Å². The van der Waals surface area contributed by atoms with Gasteiger partial charge in [-0.05, 0) is 44.2 Å². The predicted octanol–water partition coefficient (Wildman–Crippen LogP) is 2.51. The lowest BCUT2D eigenvalue weighted by Crippen LogP contribution is -2.55. The molecule has 1 saturated heterocycles. The van der Waals surface area contributed by atoms with Crippen LogP contribution in [0.1, 0.15) is 78.9 Å². The Morgan fingerprint density at radius 3 is 2.21 bits per heavy atom. The van der Waals surface area contributed by atoms with Gasteiger partial charge >= 0.3 is 0 Å². The number of aliphatic hydroxyl groups excluding tert-OH is 1. The Morgan fingerprint density at radius 2 is 1.67 bits per heavy atom. The highest BCUT2D eigenvalue weighted by Crippen LogP contribution is 2.29. The number of likely N-dealkylation sites (N-methyl/N-ethyl adjacent to an activating group) is 2. The van der Waals surface area contributed by atoms with Crippen LogP contribution in [0.2, 0.25) is 0 Å². The lowest BCUT2D eigenvalue weighted by atomic mass is 9.90. The van der Waals surface area contributed by atoms with Crippen molar-refractivity contribution >= 4 is 23.6 Å². The van der Waals surface area contributed by atoms with Crippen LogP contribution in [0.4, 0.5) is 0 Å². The summed E-state index contributed by atoms with van der Waals surface area (Å²) in [4.78, 5) is 56.7. The van der Waals surface area contributed by atoms with Crippen molar-refractivity contribution in [1.82, 2.24) is 25.8 Å².